The lowest BCUT2D eigenvalue weighted by molar-refractivity contribution is -0.0328. The number of thioether (sulfide) groups is 1. The number of alkyl halides is 3. The topological polar surface area (TPSA) is 33.6 Å². The molecule has 0 unspecified atom stereocenters. The Balaban J connectivity index is 2.31. The molecule has 2 aromatic heterocycles. The molecule has 2 heterocycles. The fourth-order valence-electron chi connectivity index (χ4n) is 1.13. The van der Waals surface area contributed by atoms with Gasteiger partial charge in [0.15, 0.2) is 5.82 Å². The van der Waals surface area contributed by atoms with Crippen molar-refractivity contribution in [1.82, 2.24) is 14.8 Å². The number of halogens is 3. The second kappa shape index (κ2) is 3.65. The lowest BCUT2D eigenvalue weighted by Crippen LogP contribution is -2.01. The Kier molecular flexibility index (Phi) is 2.47. The lowest BCUT2D eigenvalue weighted by atomic mass is 10.6. The van der Waals surface area contributed by atoms with Crippen molar-refractivity contribution < 1.29 is 13.2 Å². The first-order valence-corrected chi connectivity index (χ1v) is 4.81. The first kappa shape index (κ1) is 10.2. The van der Waals surface area contributed by atoms with E-state index in [1.807, 2.05) is 0 Å². The van der Waals surface area contributed by atoms with Crippen LogP contribution in [-0.2, 0) is 0 Å². The number of hydrogen-bond acceptors (Lipinski definition) is 2. The maximum atomic E-state index is 12.2. The third-order valence-electron chi connectivity index (χ3n) is 1.66. The van der Waals surface area contributed by atoms with E-state index >= 15 is 0 Å². The fourth-order valence-corrected chi connectivity index (χ4v) is 1.74. The summed E-state index contributed by atoms with van der Waals surface area (Å²) >= 11 is -0.182. The van der Waals surface area contributed by atoms with Gasteiger partial charge in [-0.2, -0.15) is 18.3 Å². The molecule has 0 aliphatic rings. The minimum Gasteiger partial charge on any atom is -0.306 e. The molecule has 1 N–H and O–H groups in total. The lowest BCUT2D eigenvalue weighted by Gasteiger charge is -2.05. The van der Waals surface area contributed by atoms with Crippen molar-refractivity contribution >= 4 is 11.8 Å². The summed E-state index contributed by atoms with van der Waals surface area (Å²) in [6.45, 7) is 0. The molecule has 0 aromatic carbocycles. The Morgan fingerprint density at radius 2 is 1.93 bits per heavy atom. The SMILES string of the molecule is FC(F)(F)Sc1c[nH]nc1-n1cccc1. The molecular weight excluding hydrogens is 227 g/mol. The van der Waals surface area contributed by atoms with E-state index in [0.717, 1.165) is 0 Å². The van der Waals surface area contributed by atoms with Crippen LogP contribution in [0.25, 0.3) is 5.82 Å². The van der Waals surface area contributed by atoms with Crippen LogP contribution in [-0.4, -0.2) is 20.3 Å². The van der Waals surface area contributed by atoms with Crippen LogP contribution in [0.2, 0.25) is 0 Å². The molecule has 0 bridgehead atoms. The molecule has 15 heavy (non-hydrogen) atoms. The van der Waals surface area contributed by atoms with Crippen LogP contribution < -0.4 is 0 Å². The van der Waals surface area contributed by atoms with E-state index in [4.69, 9.17) is 0 Å². The highest BCUT2D eigenvalue weighted by Gasteiger charge is 2.31. The van der Waals surface area contributed by atoms with Crippen LogP contribution in [0, 0.1) is 0 Å². The third kappa shape index (κ3) is 2.35. The average molecular weight is 233 g/mol. The van der Waals surface area contributed by atoms with Crippen LogP contribution >= 0.6 is 11.8 Å². The monoisotopic (exact) mass is 233 g/mol. The Hall–Kier alpha value is -1.37. The summed E-state index contributed by atoms with van der Waals surface area (Å²) in [5.74, 6) is 0.252. The summed E-state index contributed by atoms with van der Waals surface area (Å²) in [7, 11) is 0. The Morgan fingerprint density at radius 3 is 2.53 bits per heavy atom. The first-order valence-electron chi connectivity index (χ1n) is 3.99. The second-order valence-electron chi connectivity index (χ2n) is 2.71. The molecule has 0 fully saturated rings. The van der Waals surface area contributed by atoms with Gasteiger partial charge in [0.1, 0.15) is 0 Å². The van der Waals surface area contributed by atoms with E-state index in [1.54, 1.807) is 24.5 Å². The predicted molar refractivity (Wildman–Crippen MR) is 49.8 cm³/mol. The smallest absolute Gasteiger partial charge is 0.306 e. The van der Waals surface area contributed by atoms with Crippen molar-refractivity contribution in [1.29, 1.82) is 0 Å². The van der Waals surface area contributed by atoms with E-state index in [-0.39, 0.29) is 22.5 Å². The zero-order chi connectivity index (χ0) is 10.9. The normalized spacial score (nSPS) is 11.9. The molecule has 7 heteroatoms. The number of hydrogen-bond donors (Lipinski definition) is 1. The van der Waals surface area contributed by atoms with Crippen molar-refractivity contribution in [3.05, 3.63) is 30.7 Å². The molecule has 0 atom stereocenters. The third-order valence-corrected chi connectivity index (χ3v) is 2.41. The Bertz CT molecular complexity index is 432. The quantitative estimate of drug-likeness (QED) is 0.809. The van der Waals surface area contributed by atoms with Crippen LogP contribution in [0.3, 0.4) is 0 Å². The minimum atomic E-state index is -4.30. The molecule has 0 amide bonds. The predicted octanol–water partition coefficient (Wildman–Crippen LogP) is 2.81. The van der Waals surface area contributed by atoms with E-state index in [2.05, 4.69) is 10.2 Å². The molecule has 0 saturated carbocycles. The molecular formula is C8H6F3N3S. The highest BCUT2D eigenvalue weighted by molar-refractivity contribution is 8.00. The number of nitrogens with one attached hydrogen (secondary N) is 1. The molecule has 0 aliphatic carbocycles. The zero-order valence-corrected chi connectivity index (χ0v) is 8.14. The zero-order valence-electron chi connectivity index (χ0n) is 7.32. The summed E-state index contributed by atoms with van der Waals surface area (Å²) in [6.07, 6.45) is 4.50. The van der Waals surface area contributed by atoms with Gasteiger partial charge in [0.2, 0.25) is 0 Å². The molecule has 0 radical (unpaired) electrons. The van der Waals surface area contributed by atoms with Crippen molar-refractivity contribution in [2.45, 2.75) is 10.4 Å². The van der Waals surface area contributed by atoms with E-state index in [9.17, 15) is 13.2 Å². The van der Waals surface area contributed by atoms with E-state index in [1.165, 1.54) is 10.8 Å². The maximum absolute atomic E-state index is 12.2. The van der Waals surface area contributed by atoms with Gasteiger partial charge in [0.05, 0.1) is 4.90 Å². The second-order valence-corrected chi connectivity index (χ2v) is 3.82. The number of nitrogens with zero attached hydrogens (tertiary/aromatic N) is 2. The number of rotatable bonds is 2. The standard InChI is InChI=1S/C8H6F3N3S/c9-8(10,11)15-6-5-12-13-7(6)14-3-1-2-4-14/h1-5H,(H,12,13). The number of aromatic nitrogens is 3. The van der Waals surface area contributed by atoms with Crippen molar-refractivity contribution in [2.75, 3.05) is 0 Å². The summed E-state index contributed by atoms with van der Waals surface area (Å²) < 4.78 is 38.0. The number of H-pyrrole nitrogens is 1. The summed E-state index contributed by atoms with van der Waals surface area (Å²) in [5, 5.41) is 6.18. The average Bonchev–Trinajstić information content (AvgIpc) is 2.68. The van der Waals surface area contributed by atoms with Crippen molar-refractivity contribution in [3.8, 4) is 5.82 Å². The molecule has 0 aliphatic heterocycles. The van der Waals surface area contributed by atoms with Gasteiger partial charge in [-0.25, -0.2) is 0 Å². The van der Waals surface area contributed by atoms with E-state index in [0.29, 0.717) is 0 Å². The first-order chi connectivity index (χ1) is 7.06. The van der Waals surface area contributed by atoms with Gasteiger partial charge >= 0.3 is 5.51 Å². The minimum absolute atomic E-state index is 0.0544. The fraction of sp³-hybridized carbons (Fsp3) is 0.125. The Morgan fingerprint density at radius 1 is 1.27 bits per heavy atom. The number of aromatic amines is 1. The molecule has 0 spiro atoms. The van der Waals surface area contributed by atoms with Crippen LogP contribution in [0.5, 0.6) is 0 Å². The Labute approximate surface area is 87.3 Å². The maximum Gasteiger partial charge on any atom is 0.446 e. The van der Waals surface area contributed by atoms with Gasteiger partial charge in [-0.3, -0.25) is 5.10 Å². The van der Waals surface area contributed by atoms with Crippen LogP contribution in [0.1, 0.15) is 0 Å². The van der Waals surface area contributed by atoms with Gasteiger partial charge in [0.25, 0.3) is 0 Å². The van der Waals surface area contributed by atoms with Crippen LogP contribution in [0.15, 0.2) is 35.6 Å². The van der Waals surface area contributed by atoms with Gasteiger partial charge in [-0.15, -0.1) is 0 Å². The highest BCUT2D eigenvalue weighted by Crippen LogP contribution is 2.38. The van der Waals surface area contributed by atoms with Gasteiger partial charge in [-0.05, 0) is 23.9 Å². The molecule has 2 aromatic rings. The van der Waals surface area contributed by atoms with E-state index < -0.39 is 5.51 Å². The van der Waals surface area contributed by atoms with Crippen molar-refractivity contribution in [2.24, 2.45) is 0 Å². The van der Waals surface area contributed by atoms with Gasteiger partial charge < -0.3 is 4.57 Å². The highest BCUT2D eigenvalue weighted by atomic mass is 32.2. The molecule has 80 valence electrons. The van der Waals surface area contributed by atoms with Gasteiger partial charge in [-0.1, -0.05) is 0 Å². The summed E-state index contributed by atoms with van der Waals surface area (Å²) in [4.78, 5) is 0.0544. The summed E-state index contributed by atoms with van der Waals surface area (Å²) in [5.41, 5.74) is -4.30. The molecule has 3 nitrogen and oxygen atoms in total. The largest absolute Gasteiger partial charge is 0.446 e. The summed E-state index contributed by atoms with van der Waals surface area (Å²) in [6, 6.07) is 3.44. The van der Waals surface area contributed by atoms with Crippen molar-refractivity contribution in [3.63, 3.8) is 0 Å². The van der Waals surface area contributed by atoms with Crippen LogP contribution in [0.4, 0.5) is 13.2 Å². The molecule has 0 saturated heterocycles. The van der Waals surface area contributed by atoms with Gasteiger partial charge in [0, 0.05) is 18.6 Å². The molecule has 2 rings (SSSR count).